The molecule has 1 saturated heterocycles. The zero-order valence-corrected chi connectivity index (χ0v) is 15.7. The summed E-state index contributed by atoms with van der Waals surface area (Å²) in [7, 11) is 0. The Hall–Kier alpha value is -1.89. The van der Waals surface area contributed by atoms with Crippen LogP contribution in [0.15, 0.2) is 29.4 Å². The van der Waals surface area contributed by atoms with Gasteiger partial charge < -0.3 is 4.90 Å². The Morgan fingerprint density at radius 2 is 2.04 bits per heavy atom. The molecule has 0 unspecified atom stereocenters. The Kier molecular flexibility index (Phi) is 4.98. The van der Waals surface area contributed by atoms with E-state index in [0.717, 1.165) is 32.2 Å². The summed E-state index contributed by atoms with van der Waals surface area (Å²) in [5.41, 5.74) is 0.467. The summed E-state index contributed by atoms with van der Waals surface area (Å²) in [5, 5.41) is 9.22. The average Bonchev–Trinajstić information content (AvgIpc) is 3.40. The SMILES string of the molecule is C[C@@H]1CCCCN1C(=O)CSc1nnc(-c2ccccc2F)n1C1CC1. The highest BCUT2D eigenvalue weighted by molar-refractivity contribution is 7.99. The molecule has 0 spiro atoms. The predicted octanol–water partition coefficient (Wildman–Crippen LogP) is 3.91. The Morgan fingerprint density at radius 1 is 1.23 bits per heavy atom. The molecule has 0 N–H and O–H groups in total. The molecule has 1 aliphatic heterocycles. The molecule has 7 heteroatoms. The summed E-state index contributed by atoms with van der Waals surface area (Å²) in [4.78, 5) is 14.6. The fourth-order valence-electron chi connectivity index (χ4n) is 3.54. The number of benzene rings is 1. The van der Waals surface area contributed by atoms with E-state index >= 15 is 0 Å². The van der Waals surface area contributed by atoms with E-state index in [1.54, 1.807) is 18.2 Å². The molecule has 0 bridgehead atoms. The van der Waals surface area contributed by atoms with E-state index in [-0.39, 0.29) is 11.7 Å². The summed E-state index contributed by atoms with van der Waals surface area (Å²) in [5.74, 6) is 0.773. The molecule has 1 atom stereocenters. The molecule has 0 radical (unpaired) electrons. The van der Waals surface area contributed by atoms with Crippen LogP contribution in [0.2, 0.25) is 0 Å². The second-order valence-electron chi connectivity index (χ2n) is 7.11. The van der Waals surface area contributed by atoms with Gasteiger partial charge in [-0.05, 0) is 51.2 Å². The minimum absolute atomic E-state index is 0.153. The number of amides is 1. The molecule has 26 heavy (non-hydrogen) atoms. The van der Waals surface area contributed by atoms with Crippen molar-refractivity contribution >= 4 is 17.7 Å². The van der Waals surface area contributed by atoms with Crippen molar-refractivity contribution in [3.63, 3.8) is 0 Å². The van der Waals surface area contributed by atoms with Crippen molar-refractivity contribution < 1.29 is 9.18 Å². The third kappa shape index (κ3) is 3.49. The molecule has 5 nitrogen and oxygen atoms in total. The molecule has 1 aromatic carbocycles. The normalized spacial score (nSPS) is 20.4. The van der Waals surface area contributed by atoms with Crippen molar-refractivity contribution in [1.82, 2.24) is 19.7 Å². The fourth-order valence-corrected chi connectivity index (χ4v) is 4.43. The van der Waals surface area contributed by atoms with Gasteiger partial charge in [-0.1, -0.05) is 23.9 Å². The lowest BCUT2D eigenvalue weighted by molar-refractivity contribution is -0.131. The van der Waals surface area contributed by atoms with Gasteiger partial charge in [0.25, 0.3) is 0 Å². The van der Waals surface area contributed by atoms with Crippen LogP contribution in [0.25, 0.3) is 11.4 Å². The first-order valence-electron chi connectivity index (χ1n) is 9.27. The van der Waals surface area contributed by atoms with Crippen molar-refractivity contribution in [3.8, 4) is 11.4 Å². The lowest BCUT2D eigenvalue weighted by atomic mass is 10.0. The first kappa shape index (κ1) is 17.5. The minimum atomic E-state index is -0.295. The standard InChI is InChI=1S/C19H23FN4OS/c1-13-6-4-5-11-23(13)17(25)12-26-19-22-21-18(24(19)14-9-10-14)15-7-2-3-8-16(15)20/h2-3,7-8,13-14H,4-6,9-12H2,1H3/t13-/m1/s1. The van der Waals surface area contributed by atoms with Crippen molar-refractivity contribution in [1.29, 1.82) is 0 Å². The van der Waals surface area contributed by atoms with Crippen LogP contribution in [0.3, 0.4) is 0 Å². The van der Waals surface area contributed by atoms with E-state index in [1.807, 2.05) is 9.47 Å². The zero-order chi connectivity index (χ0) is 18.1. The number of nitrogens with zero attached hydrogens (tertiary/aromatic N) is 4. The van der Waals surface area contributed by atoms with Crippen LogP contribution in [0, 0.1) is 5.82 Å². The molecule has 1 aliphatic carbocycles. The molecule has 2 heterocycles. The minimum Gasteiger partial charge on any atom is -0.339 e. The number of carbonyl (C=O) groups excluding carboxylic acids is 1. The van der Waals surface area contributed by atoms with Crippen LogP contribution in [0.4, 0.5) is 4.39 Å². The maximum Gasteiger partial charge on any atom is 0.233 e. The van der Waals surface area contributed by atoms with Gasteiger partial charge in [-0.15, -0.1) is 10.2 Å². The summed E-state index contributed by atoms with van der Waals surface area (Å²) in [6.45, 7) is 2.96. The van der Waals surface area contributed by atoms with Gasteiger partial charge in [-0.3, -0.25) is 9.36 Å². The van der Waals surface area contributed by atoms with E-state index in [9.17, 15) is 9.18 Å². The highest BCUT2D eigenvalue weighted by atomic mass is 32.2. The first-order valence-corrected chi connectivity index (χ1v) is 10.3. The number of thioether (sulfide) groups is 1. The third-order valence-corrected chi connectivity index (χ3v) is 6.07. The smallest absolute Gasteiger partial charge is 0.233 e. The van der Waals surface area contributed by atoms with Gasteiger partial charge in [0, 0.05) is 18.6 Å². The van der Waals surface area contributed by atoms with E-state index in [2.05, 4.69) is 17.1 Å². The van der Waals surface area contributed by atoms with Gasteiger partial charge in [0.05, 0.1) is 11.3 Å². The zero-order valence-electron chi connectivity index (χ0n) is 14.9. The van der Waals surface area contributed by atoms with Crippen molar-refractivity contribution in [3.05, 3.63) is 30.1 Å². The van der Waals surface area contributed by atoms with Gasteiger partial charge in [-0.25, -0.2) is 4.39 Å². The topological polar surface area (TPSA) is 51.0 Å². The Labute approximate surface area is 157 Å². The molecule has 2 aromatic rings. The molecule has 2 fully saturated rings. The van der Waals surface area contributed by atoms with Crippen LogP contribution in [0.5, 0.6) is 0 Å². The van der Waals surface area contributed by atoms with E-state index in [0.29, 0.717) is 34.4 Å². The largest absolute Gasteiger partial charge is 0.339 e. The van der Waals surface area contributed by atoms with Gasteiger partial charge >= 0.3 is 0 Å². The summed E-state index contributed by atoms with van der Waals surface area (Å²) < 4.78 is 16.2. The Morgan fingerprint density at radius 3 is 2.77 bits per heavy atom. The monoisotopic (exact) mass is 374 g/mol. The Bertz CT molecular complexity index is 805. The van der Waals surface area contributed by atoms with E-state index in [1.165, 1.54) is 24.2 Å². The summed E-state index contributed by atoms with van der Waals surface area (Å²) in [6, 6.07) is 7.27. The summed E-state index contributed by atoms with van der Waals surface area (Å²) >= 11 is 1.42. The molecule has 1 aromatic heterocycles. The number of piperidine rings is 1. The van der Waals surface area contributed by atoms with Crippen LogP contribution < -0.4 is 0 Å². The second kappa shape index (κ2) is 7.39. The molecule has 1 saturated carbocycles. The quantitative estimate of drug-likeness (QED) is 0.745. The maximum atomic E-state index is 14.2. The number of likely N-dealkylation sites (tertiary alicyclic amines) is 1. The number of aromatic nitrogens is 3. The molecular formula is C19H23FN4OS. The first-order chi connectivity index (χ1) is 12.6. The third-order valence-electron chi connectivity index (χ3n) is 5.14. The number of rotatable bonds is 5. The summed E-state index contributed by atoms with van der Waals surface area (Å²) in [6.07, 6.45) is 5.44. The van der Waals surface area contributed by atoms with Crippen molar-refractivity contribution in [2.75, 3.05) is 12.3 Å². The fraction of sp³-hybridized carbons (Fsp3) is 0.526. The van der Waals surface area contributed by atoms with Gasteiger partial charge in [-0.2, -0.15) is 0 Å². The number of hydrogen-bond acceptors (Lipinski definition) is 4. The van der Waals surface area contributed by atoms with Gasteiger partial charge in [0.15, 0.2) is 11.0 Å². The lowest BCUT2D eigenvalue weighted by Gasteiger charge is -2.33. The van der Waals surface area contributed by atoms with Crippen molar-refractivity contribution in [2.24, 2.45) is 0 Å². The van der Waals surface area contributed by atoms with Crippen LogP contribution in [0.1, 0.15) is 45.1 Å². The van der Waals surface area contributed by atoms with Gasteiger partial charge in [0.1, 0.15) is 5.82 Å². The molecular weight excluding hydrogens is 351 g/mol. The molecule has 138 valence electrons. The van der Waals surface area contributed by atoms with Crippen LogP contribution >= 0.6 is 11.8 Å². The highest BCUT2D eigenvalue weighted by Crippen LogP contribution is 2.41. The molecule has 4 rings (SSSR count). The Balaban J connectivity index is 1.52. The van der Waals surface area contributed by atoms with E-state index in [4.69, 9.17) is 0 Å². The number of hydrogen-bond donors (Lipinski definition) is 0. The van der Waals surface area contributed by atoms with Crippen LogP contribution in [-0.2, 0) is 4.79 Å². The average molecular weight is 374 g/mol. The molecule has 1 amide bonds. The predicted molar refractivity (Wildman–Crippen MR) is 99.4 cm³/mol. The van der Waals surface area contributed by atoms with Gasteiger partial charge in [0.2, 0.25) is 5.91 Å². The number of halogens is 1. The van der Waals surface area contributed by atoms with Crippen LogP contribution in [-0.4, -0.2) is 43.9 Å². The maximum absolute atomic E-state index is 14.2. The van der Waals surface area contributed by atoms with E-state index < -0.39 is 0 Å². The highest BCUT2D eigenvalue weighted by Gasteiger charge is 2.31. The van der Waals surface area contributed by atoms with Crippen molar-refractivity contribution in [2.45, 2.75) is 56.3 Å². The number of carbonyl (C=O) groups is 1. The molecule has 2 aliphatic rings. The lowest BCUT2D eigenvalue weighted by Crippen LogP contribution is -2.43. The second-order valence-corrected chi connectivity index (χ2v) is 8.05.